The summed E-state index contributed by atoms with van der Waals surface area (Å²) in [6.07, 6.45) is -1.16. The third-order valence-electron chi connectivity index (χ3n) is 3.61. The van der Waals surface area contributed by atoms with Gasteiger partial charge in [-0.2, -0.15) is 0 Å². The van der Waals surface area contributed by atoms with Gasteiger partial charge in [-0.3, -0.25) is 0 Å². The predicted octanol–water partition coefficient (Wildman–Crippen LogP) is 2.30. The molecule has 0 heterocycles. The van der Waals surface area contributed by atoms with E-state index in [2.05, 4.69) is 0 Å². The lowest BCUT2D eigenvalue weighted by Crippen LogP contribution is -2.37. The molecule has 6 heteroatoms. The van der Waals surface area contributed by atoms with Gasteiger partial charge in [-0.15, -0.1) is 0 Å². The lowest BCUT2D eigenvalue weighted by atomic mass is 10.2. The number of hydrogen-bond donors (Lipinski definition) is 1. The van der Waals surface area contributed by atoms with Crippen molar-refractivity contribution in [3.05, 3.63) is 71.8 Å². The standard InChI is InChI=1S/C20H24O6/c21-11-19(25-15-23-13-17-7-3-1-4-8-17)20(12-22)26-16-24-14-18-9-5-2-6-10-18/h1-11,19-20,22H,12-16H2/t19-,20+/m0/s1. The van der Waals surface area contributed by atoms with Crippen LogP contribution in [0.1, 0.15) is 11.1 Å². The number of carbonyl (C=O) groups excluding carboxylic acids is 1. The van der Waals surface area contributed by atoms with Gasteiger partial charge in [0.2, 0.25) is 0 Å². The molecule has 0 aliphatic carbocycles. The Morgan fingerprint density at radius 2 is 1.31 bits per heavy atom. The van der Waals surface area contributed by atoms with Gasteiger partial charge in [-0.25, -0.2) is 0 Å². The highest BCUT2D eigenvalue weighted by molar-refractivity contribution is 5.57. The number of hydrogen-bond acceptors (Lipinski definition) is 6. The second-order valence-electron chi connectivity index (χ2n) is 5.56. The fourth-order valence-corrected chi connectivity index (χ4v) is 2.22. The summed E-state index contributed by atoms with van der Waals surface area (Å²) in [7, 11) is 0. The van der Waals surface area contributed by atoms with Crippen molar-refractivity contribution in [3.63, 3.8) is 0 Å². The van der Waals surface area contributed by atoms with Crippen LogP contribution in [0.15, 0.2) is 60.7 Å². The Labute approximate surface area is 153 Å². The van der Waals surface area contributed by atoms with Crippen LogP contribution in [0.4, 0.5) is 0 Å². The molecule has 2 aromatic carbocycles. The van der Waals surface area contributed by atoms with E-state index >= 15 is 0 Å². The fourth-order valence-electron chi connectivity index (χ4n) is 2.22. The Kier molecular flexibility index (Phi) is 9.56. The van der Waals surface area contributed by atoms with E-state index in [0.29, 0.717) is 19.5 Å². The predicted molar refractivity (Wildman–Crippen MR) is 95.1 cm³/mol. The van der Waals surface area contributed by atoms with Crippen LogP contribution in [0, 0.1) is 0 Å². The van der Waals surface area contributed by atoms with Gasteiger partial charge in [-0.05, 0) is 11.1 Å². The maximum atomic E-state index is 11.2. The van der Waals surface area contributed by atoms with Crippen LogP contribution >= 0.6 is 0 Å². The first-order valence-corrected chi connectivity index (χ1v) is 8.36. The molecule has 2 aromatic rings. The van der Waals surface area contributed by atoms with Crippen molar-refractivity contribution >= 4 is 6.29 Å². The molecule has 0 aromatic heterocycles. The lowest BCUT2D eigenvalue weighted by molar-refractivity contribution is -0.179. The summed E-state index contributed by atoms with van der Waals surface area (Å²) in [4.78, 5) is 11.2. The summed E-state index contributed by atoms with van der Waals surface area (Å²) >= 11 is 0. The minimum Gasteiger partial charge on any atom is -0.394 e. The molecule has 0 unspecified atom stereocenters. The Bertz CT molecular complexity index is 604. The largest absolute Gasteiger partial charge is 0.394 e. The second-order valence-corrected chi connectivity index (χ2v) is 5.56. The van der Waals surface area contributed by atoms with E-state index in [9.17, 15) is 9.90 Å². The van der Waals surface area contributed by atoms with Crippen LogP contribution in [-0.4, -0.2) is 43.8 Å². The van der Waals surface area contributed by atoms with Crippen molar-refractivity contribution in [3.8, 4) is 0 Å². The molecule has 2 atom stereocenters. The van der Waals surface area contributed by atoms with Crippen LogP contribution in [0.25, 0.3) is 0 Å². The molecule has 0 amide bonds. The van der Waals surface area contributed by atoms with E-state index in [1.54, 1.807) is 0 Å². The third-order valence-corrected chi connectivity index (χ3v) is 3.61. The molecule has 0 radical (unpaired) electrons. The molecule has 2 rings (SSSR count). The normalized spacial score (nSPS) is 13.3. The van der Waals surface area contributed by atoms with Gasteiger partial charge >= 0.3 is 0 Å². The molecule has 0 spiro atoms. The first-order chi connectivity index (χ1) is 12.8. The molecule has 0 fully saturated rings. The highest BCUT2D eigenvalue weighted by Crippen LogP contribution is 2.06. The summed E-state index contributed by atoms with van der Waals surface area (Å²) in [6, 6.07) is 19.2. The molecular weight excluding hydrogens is 336 g/mol. The number of rotatable bonds is 13. The molecular formula is C20H24O6. The Hall–Kier alpha value is -2.09. The molecule has 0 bridgehead atoms. The molecule has 0 saturated carbocycles. The van der Waals surface area contributed by atoms with Crippen LogP contribution in [0.2, 0.25) is 0 Å². The van der Waals surface area contributed by atoms with E-state index in [1.165, 1.54) is 0 Å². The SMILES string of the molecule is O=C[C@H](OCOCc1ccccc1)[C@@H](CO)OCOCc1ccccc1. The average molecular weight is 360 g/mol. The highest BCUT2D eigenvalue weighted by atomic mass is 16.7. The first-order valence-electron chi connectivity index (χ1n) is 8.36. The molecule has 0 aliphatic heterocycles. The Balaban J connectivity index is 1.65. The number of ether oxygens (including phenoxy) is 4. The van der Waals surface area contributed by atoms with Crippen LogP contribution < -0.4 is 0 Å². The van der Waals surface area contributed by atoms with Gasteiger partial charge in [0.1, 0.15) is 25.8 Å². The van der Waals surface area contributed by atoms with Crippen molar-refractivity contribution in [1.82, 2.24) is 0 Å². The van der Waals surface area contributed by atoms with Crippen LogP contribution in [0.5, 0.6) is 0 Å². The van der Waals surface area contributed by atoms with Gasteiger partial charge in [-0.1, -0.05) is 60.7 Å². The smallest absolute Gasteiger partial charge is 0.151 e. The topological polar surface area (TPSA) is 74.2 Å². The number of aliphatic hydroxyl groups excluding tert-OH is 1. The monoisotopic (exact) mass is 360 g/mol. The number of benzene rings is 2. The Morgan fingerprint density at radius 1 is 0.808 bits per heavy atom. The van der Waals surface area contributed by atoms with Gasteiger partial charge in [0, 0.05) is 0 Å². The number of aldehydes is 1. The van der Waals surface area contributed by atoms with Crippen molar-refractivity contribution in [2.75, 3.05) is 20.2 Å². The van der Waals surface area contributed by atoms with E-state index in [0.717, 1.165) is 11.1 Å². The van der Waals surface area contributed by atoms with Crippen LogP contribution in [-0.2, 0) is 37.0 Å². The molecule has 0 aliphatic rings. The van der Waals surface area contributed by atoms with Crippen molar-refractivity contribution in [2.45, 2.75) is 25.4 Å². The van der Waals surface area contributed by atoms with Gasteiger partial charge in [0.15, 0.2) is 6.29 Å². The quantitative estimate of drug-likeness (QED) is 0.336. The molecule has 26 heavy (non-hydrogen) atoms. The minimum atomic E-state index is -0.934. The van der Waals surface area contributed by atoms with Crippen molar-refractivity contribution < 1.29 is 28.8 Å². The summed E-state index contributed by atoms with van der Waals surface area (Å²) in [5, 5.41) is 9.42. The maximum absolute atomic E-state index is 11.2. The highest BCUT2D eigenvalue weighted by Gasteiger charge is 2.22. The zero-order valence-corrected chi connectivity index (χ0v) is 14.5. The van der Waals surface area contributed by atoms with Crippen molar-refractivity contribution in [1.29, 1.82) is 0 Å². The zero-order chi connectivity index (χ0) is 18.5. The number of aliphatic hydroxyl groups is 1. The van der Waals surface area contributed by atoms with E-state index < -0.39 is 12.2 Å². The first kappa shape index (κ1) is 20.2. The van der Waals surface area contributed by atoms with Gasteiger partial charge in [0.05, 0.1) is 19.8 Å². The van der Waals surface area contributed by atoms with E-state index in [1.807, 2.05) is 60.7 Å². The molecule has 140 valence electrons. The third kappa shape index (κ3) is 7.43. The summed E-state index contributed by atoms with van der Waals surface area (Å²) in [5.41, 5.74) is 2.01. The van der Waals surface area contributed by atoms with E-state index in [-0.39, 0.29) is 20.2 Å². The van der Waals surface area contributed by atoms with Crippen molar-refractivity contribution in [2.24, 2.45) is 0 Å². The summed E-state index contributed by atoms with van der Waals surface area (Å²) in [5.74, 6) is 0. The lowest BCUT2D eigenvalue weighted by Gasteiger charge is -2.21. The summed E-state index contributed by atoms with van der Waals surface area (Å²) in [6.45, 7) is 0.252. The molecule has 0 saturated heterocycles. The van der Waals surface area contributed by atoms with Gasteiger partial charge in [0.25, 0.3) is 0 Å². The second kappa shape index (κ2) is 12.3. The summed E-state index contributed by atoms with van der Waals surface area (Å²) < 4.78 is 21.5. The maximum Gasteiger partial charge on any atom is 0.151 e. The van der Waals surface area contributed by atoms with E-state index in [4.69, 9.17) is 18.9 Å². The molecule has 6 nitrogen and oxygen atoms in total. The Morgan fingerprint density at radius 3 is 1.77 bits per heavy atom. The zero-order valence-electron chi connectivity index (χ0n) is 14.5. The number of carbonyl (C=O) groups is 1. The fraction of sp³-hybridized carbons (Fsp3) is 0.350. The van der Waals surface area contributed by atoms with Crippen LogP contribution in [0.3, 0.4) is 0 Å². The molecule has 1 N–H and O–H groups in total. The minimum absolute atomic E-state index is 0.0569. The van der Waals surface area contributed by atoms with Gasteiger partial charge < -0.3 is 28.8 Å². The average Bonchev–Trinajstić information content (AvgIpc) is 2.70.